The van der Waals surface area contributed by atoms with Crippen LogP contribution in [0.5, 0.6) is 0 Å². The van der Waals surface area contributed by atoms with Gasteiger partial charge in [-0.2, -0.15) is 0 Å². The van der Waals surface area contributed by atoms with Crippen LogP contribution in [-0.4, -0.2) is 25.3 Å². The maximum atomic E-state index is 11.9. The normalized spacial score (nSPS) is 39.3. The summed E-state index contributed by atoms with van der Waals surface area (Å²) in [6.07, 6.45) is 4.16. The molecule has 1 aliphatic carbocycles. The minimum Gasteiger partial charge on any atom is -0.349 e. The minimum absolute atomic E-state index is 0.128. The average Bonchev–Trinajstić information content (AvgIpc) is 2.67. The molecular formula is C11H16O3. The van der Waals surface area contributed by atoms with Gasteiger partial charge in [0.05, 0.1) is 18.6 Å². The van der Waals surface area contributed by atoms with Gasteiger partial charge >= 0.3 is 0 Å². The number of carbonyl (C=O) groups is 1. The summed E-state index contributed by atoms with van der Waals surface area (Å²) in [6.45, 7) is 5.22. The molecule has 1 heterocycles. The van der Waals surface area contributed by atoms with Crippen LogP contribution in [0.4, 0.5) is 0 Å². The summed E-state index contributed by atoms with van der Waals surface area (Å²) >= 11 is 0. The lowest BCUT2D eigenvalue weighted by Crippen LogP contribution is -2.46. The van der Waals surface area contributed by atoms with Crippen LogP contribution < -0.4 is 0 Å². The van der Waals surface area contributed by atoms with Gasteiger partial charge in [0.1, 0.15) is 0 Å². The molecule has 3 heteroatoms. The van der Waals surface area contributed by atoms with E-state index >= 15 is 0 Å². The first-order valence-corrected chi connectivity index (χ1v) is 5.10. The van der Waals surface area contributed by atoms with E-state index in [9.17, 15) is 4.79 Å². The lowest BCUT2D eigenvalue weighted by molar-refractivity contribution is -0.165. The molecule has 1 aliphatic heterocycles. The fourth-order valence-electron chi connectivity index (χ4n) is 2.10. The molecule has 0 spiro atoms. The monoisotopic (exact) mass is 196 g/mol. The number of ketones is 1. The molecule has 0 aromatic heterocycles. The Morgan fingerprint density at radius 1 is 1.43 bits per heavy atom. The highest BCUT2D eigenvalue weighted by Crippen LogP contribution is 2.41. The second-order valence-corrected chi connectivity index (χ2v) is 4.26. The quantitative estimate of drug-likeness (QED) is 0.638. The Hall–Kier alpha value is -0.670. The van der Waals surface area contributed by atoms with Gasteiger partial charge in [0.15, 0.2) is 12.1 Å². The van der Waals surface area contributed by atoms with E-state index in [2.05, 4.69) is 6.92 Å². The molecule has 0 aromatic carbocycles. The van der Waals surface area contributed by atoms with Crippen molar-refractivity contribution < 1.29 is 14.3 Å². The number of allylic oxidation sites excluding steroid dienone is 2. The van der Waals surface area contributed by atoms with E-state index in [0.29, 0.717) is 13.2 Å². The Morgan fingerprint density at radius 3 is 2.64 bits per heavy atom. The van der Waals surface area contributed by atoms with E-state index in [1.807, 2.05) is 13.0 Å². The number of ether oxygens (including phenoxy) is 2. The summed E-state index contributed by atoms with van der Waals surface area (Å²) in [7, 11) is 0. The van der Waals surface area contributed by atoms with Gasteiger partial charge in [0.25, 0.3) is 0 Å². The molecule has 0 bridgehead atoms. The molecule has 0 unspecified atom stereocenters. The molecule has 0 amide bonds. The molecule has 2 aliphatic rings. The molecule has 1 saturated heterocycles. The van der Waals surface area contributed by atoms with Crippen molar-refractivity contribution in [1.82, 2.24) is 0 Å². The average molecular weight is 196 g/mol. The van der Waals surface area contributed by atoms with Crippen molar-refractivity contribution in [3.8, 4) is 0 Å². The Labute approximate surface area is 84.1 Å². The SMILES string of the molecule is C[C@@H]1CC=CC(=O)[C@@]1(C)C1OCCO1. The van der Waals surface area contributed by atoms with E-state index in [0.717, 1.165) is 6.42 Å². The van der Waals surface area contributed by atoms with E-state index in [4.69, 9.17) is 9.47 Å². The second kappa shape index (κ2) is 3.48. The van der Waals surface area contributed by atoms with Crippen LogP contribution in [0.25, 0.3) is 0 Å². The van der Waals surface area contributed by atoms with Crippen LogP contribution in [0.15, 0.2) is 12.2 Å². The van der Waals surface area contributed by atoms with Crippen LogP contribution in [0, 0.1) is 11.3 Å². The van der Waals surface area contributed by atoms with Crippen molar-refractivity contribution in [1.29, 1.82) is 0 Å². The van der Waals surface area contributed by atoms with Crippen LogP contribution >= 0.6 is 0 Å². The van der Waals surface area contributed by atoms with Gasteiger partial charge in [-0.3, -0.25) is 4.79 Å². The number of hydrogen-bond acceptors (Lipinski definition) is 3. The maximum absolute atomic E-state index is 11.9. The fourth-order valence-corrected chi connectivity index (χ4v) is 2.10. The molecule has 0 aromatic rings. The maximum Gasteiger partial charge on any atom is 0.170 e. The Kier molecular flexibility index (Phi) is 2.45. The lowest BCUT2D eigenvalue weighted by Gasteiger charge is -2.38. The fraction of sp³-hybridized carbons (Fsp3) is 0.727. The van der Waals surface area contributed by atoms with E-state index < -0.39 is 5.41 Å². The zero-order chi connectivity index (χ0) is 10.2. The smallest absolute Gasteiger partial charge is 0.170 e. The largest absolute Gasteiger partial charge is 0.349 e. The molecule has 78 valence electrons. The van der Waals surface area contributed by atoms with E-state index in [1.54, 1.807) is 6.08 Å². The molecule has 3 nitrogen and oxygen atoms in total. The van der Waals surface area contributed by atoms with Gasteiger partial charge < -0.3 is 9.47 Å². The highest BCUT2D eigenvalue weighted by molar-refractivity contribution is 5.96. The lowest BCUT2D eigenvalue weighted by atomic mass is 9.69. The number of hydrogen-bond donors (Lipinski definition) is 0. The summed E-state index contributed by atoms with van der Waals surface area (Å²) in [5, 5.41) is 0. The van der Waals surface area contributed by atoms with Crippen LogP contribution in [0.3, 0.4) is 0 Å². The third kappa shape index (κ3) is 1.31. The molecular weight excluding hydrogens is 180 g/mol. The summed E-state index contributed by atoms with van der Waals surface area (Å²) in [4.78, 5) is 11.9. The standard InChI is InChI=1S/C11H16O3/c1-8-4-3-5-9(12)11(8,2)10-13-6-7-14-10/h3,5,8,10H,4,6-7H2,1-2H3/t8-,11+/m1/s1. The molecule has 0 saturated carbocycles. The van der Waals surface area contributed by atoms with Crippen molar-refractivity contribution in [3.63, 3.8) is 0 Å². The predicted molar refractivity (Wildman–Crippen MR) is 51.7 cm³/mol. The minimum atomic E-state index is -0.495. The third-order valence-electron chi connectivity index (χ3n) is 3.42. The van der Waals surface area contributed by atoms with Crippen LogP contribution in [0.1, 0.15) is 20.3 Å². The third-order valence-corrected chi connectivity index (χ3v) is 3.42. The van der Waals surface area contributed by atoms with Crippen molar-refractivity contribution in [2.24, 2.45) is 11.3 Å². The van der Waals surface area contributed by atoms with Gasteiger partial charge in [-0.25, -0.2) is 0 Å². The van der Waals surface area contributed by atoms with Crippen LogP contribution in [-0.2, 0) is 14.3 Å². The molecule has 0 radical (unpaired) electrons. The summed E-state index contributed by atoms with van der Waals surface area (Å²) in [5.74, 6) is 0.409. The second-order valence-electron chi connectivity index (χ2n) is 4.26. The summed E-state index contributed by atoms with van der Waals surface area (Å²) in [5.41, 5.74) is -0.495. The summed E-state index contributed by atoms with van der Waals surface area (Å²) < 4.78 is 10.9. The Balaban J connectivity index is 2.26. The molecule has 1 fully saturated rings. The number of carbonyl (C=O) groups excluding carboxylic acids is 1. The van der Waals surface area contributed by atoms with Gasteiger partial charge in [0, 0.05) is 0 Å². The van der Waals surface area contributed by atoms with Gasteiger partial charge in [-0.05, 0) is 25.3 Å². The highest BCUT2D eigenvalue weighted by atomic mass is 16.7. The first-order chi connectivity index (χ1) is 6.65. The van der Waals surface area contributed by atoms with Gasteiger partial charge in [-0.1, -0.05) is 13.0 Å². The van der Waals surface area contributed by atoms with E-state index in [1.165, 1.54) is 0 Å². The first-order valence-electron chi connectivity index (χ1n) is 5.10. The zero-order valence-electron chi connectivity index (χ0n) is 8.66. The van der Waals surface area contributed by atoms with Crippen molar-refractivity contribution in [3.05, 3.63) is 12.2 Å². The van der Waals surface area contributed by atoms with Crippen molar-refractivity contribution in [2.75, 3.05) is 13.2 Å². The van der Waals surface area contributed by atoms with Crippen LogP contribution in [0.2, 0.25) is 0 Å². The summed E-state index contributed by atoms with van der Waals surface area (Å²) in [6, 6.07) is 0. The Morgan fingerprint density at radius 2 is 2.07 bits per heavy atom. The molecule has 2 rings (SSSR count). The zero-order valence-corrected chi connectivity index (χ0v) is 8.66. The molecule has 0 N–H and O–H groups in total. The van der Waals surface area contributed by atoms with E-state index in [-0.39, 0.29) is 18.0 Å². The predicted octanol–water partition coefficient (Wildman–Crippen LogP) is 1.53. The highest BCUT2D eigenvalue weighted by Gasteiger charge is 2.48. The topological polar surface area (TPSA) is 35.5 Å². The van der Waals surface area contributed by atoms with Crippen molar-refractivity contribution >= 4 is 5.78 Å². The number of rotatable bonds is 1. The van der Waals surface area contributed by atoms with Gasteiger partial charge in [0.2, 0.25) is 0 Å². The molecule has 2 atom stereocenters. The first kappa shape index (κ1) is 9.87. The van der Waals surface area contributed by atoms with Crippen molar-refractivity contribution in [2.45, 2.75) is 26.6 Å². The van der Waals surface area contributed by atoms with Gasteiger partial charge in [-0.15, -0.1) is 0 Å². The Bertz CT molecular complexity index is 266. The molecule has 14 heavy (non-hydrogen) atoms.